The van der Waals surface area contributed by atoms with Gasteiger partial charge < -0.3 is 14.7 Å². The lowest BCUT2D eigenvalue weighted by Gasteiger charge is -2.16. The summed E-state index contributed by atoms with van der Waals surface area (Å²) in [5.41, 5.74) is 2.45. The number of fused-ring (bicyclic) bond motifs is 1. The lowest BCUT2D eigenvalue weighted by atomic mass is 10.2. The summed E-state index contributed by atoms with van der Waals surface area (Å²) in [5.74, 6) is 2.21. The number of furan rings is 1. The number of aromatic nitrogens is 2. The van der Waals surface area contributed by atoms with Gasteiger partial charge in [0.15, 0.2) is 0 Å². The van der Waals surface area contributed by atoms with E-state index >= 15 is 0 Å². The summed E-state index contributed by atoms with van der Waals surface area (Å²) in [7, 11) is 0. The number of carbonyl (C=O) groups excluding carboxylic acids is 1. The molecular weight excluding hydrogens is 310 g/mol. The molecule has 0 spiro atoms. The SMILES string of the molecule is CSCCC(NC(=O)c1ccoc1C)c1nc2ccccc2[nH]1. The number of rotatable bonds is 6. The summed E-state index contributed by atoms with van der Waals surface area (Å²) in [5, 5.41) is 3.07. The zero-order valence-corrected chi connectivity index (χ0v) is 13.9. The number of nitrogens with one attached hydrogen (secondary N) is 2. The van der Waals surface area contributed by atoms with Crippen LogP contribution in [0, 0.1) is 6.92 Å². The number of hydrogen-bond acceptors (Lipinski definition) is 4. The van der Waals surface area contributed by atoms with Gasteiger partial charge in [-0.05, 0) is 43.6 Å². The van der Waals surface area contributed by atoms with E-state index in [-0.39, 0.29) is 11.9 Å². The van der Waals surface area contributed by atoms with Gasteiger partial charge in [-0.25, -0.2) is 4.98 Å². The van der Waals surface area contributed by atoms with E-state index in [1.165, 1.54) is 6.26 Å². The Morgan fingerprint density at radius 2 is 2.22 bits per heavy atom. The maximum Gasteiger partial charge on any atom is 0.255 e. The molecule has 120 valence electrons. The molecule has 0 radical (unpaired) electrons. The average molecular weight is 329 g/mol. The number of para-hydroxylation sites is 2. The summed E-state index contributed by atoms with van der Waals surface area (Å²) >= 11 is 1.75. The number of carbonyl (C=O) groups is 1. The largest absolute Gasteiger partial charge is 0.469 e. The van der Waals surface area contributed by atoms with E-state index in [9.17, 15) is 4.79 Å². The number of imidazole rings is 1. The van der Waals surface area contributed by atoms with Crippen LogP contribution in [0.4, 0.5) is 0 Å². The highest BCUT2D eigenvalue weighted by Crippen LogP contribution is 2.21. The van der Waals surface area contributed by atoms with Gasteiger partial charge in [-0.15, -0.1) is 0 Å². The highest BCUT2D eigenvalue weighted by atomic mass is 32.2. The van der Waals surface area contributed by atoms with E-state index in [1.807, 2.05) is 24.3 Å². The number of amides is 1. The van der Waals surface area contributed by atoms with Crippen molar-refractivity contribution in [3.8, 4) is 0 Å². The standard InChI is InChI=1S/C17H19N3O2S/c1-11-12(7-9-22-11)17(21)20-15(8-10-23-2)16-18-13-5-3-4-6-14(13)19-16/h3-7,9,15H,8,10H2,1-2H3,(H,18,19)(H,20,21). The summed E-state index contributed by atoms with van der Waals surface area (Å²) in [4.78, 5) is 20.4. The molecule has 1 unspecified atom stereocenters. The smallest absolute Gasteiger partial charge is 0.255 e. The fraction of sp³-hybridized carbons (Fsp3) is 0.294. The Balaban J connectivity index is 1.85. The van der Waals surface area contributed by atoms with Crippen molar-refractivity contribution in [1.82, 2.24) is 15.3 Å². The van der Waals surface area contributed by atoms with Gasteiger partial charge in [0.2, 0.25) is 0 Å². The normalized spacial score (nSPS) is 12.4. The van der Waals surface area contributed by atoms with E-state index in [2.05, 4.69) is 21.5 Å². The molecule has 3 aromatic rings. The maximum absolute atomic E-state index is 12.5. The molecule has 0 fully saturated rings. The molecule has 5 nitrogen and oxygen atoms in total. The first-order valence-corrected chi connectivity index (χ1v) is 8.87. The van der Waals surface area contributed by atoms with Crippen molar-refractivity contribution >= 4 is 28.7 Å². The third-order valence-corrected chi connectivity index (χ3v) is 4.40. The third-order valence-electron chi connectivity index (χ3n) is 3.76. The molecule has 2 heterocycles. The molecule has 2 aromatic heterocycles. The van der Waals surface area contributed by atoms with Gasteiger partial charge in [0.1, 0.15) is 11.6 Å². The minimum absolute atomic E-state index is 0.136. The molecule has 0 aliphatic rings. The molecule has 0 bridgehead atoms. The minimum atomic E-state index is -0.156. The number of aromatic amines is 1. The van der Waals surface area contributed by atoms with Crippen molar-refractivity contribution in [2.24, 2.45) is 0 Å². The molecule has 23 heavy (non-hydrogen) atoms. The van der Waals surface area contributed by atoms with Crippen LogP contribution in [0.2, 0.25) is 0 Å². The van der Waals surface area contributed by atoms with Gasteiger partial charge in [-0.3, -0.25) is 4.79 Å². The number of thioether (sulfide) groups is 1. The van der Waals surface area contributed by atoms with Crippen molar-refractivity contribution in [3.05, 3.63) is 53.7 Å². The first-order chi connectivity index (χ1) is 11.2. The van der Waals surface area contributed by atoms with Crippen molar-refractivity contribution < 1.29 is 9.21 Å². The van der Waals surface area contributed by atoms with Gasteiger partial charge in [-0.1, -0.05) is 12.1 Å². The fourth-order valence-corrected chi connectivity index (χ4v) is 2.98. The number of H-pyrrole nitrogens is 1. The lowest BCUT2D eigenvalue weighted by Crippen LogP contribution is -2.30. The summed E-state index contributed by atoms with van der Waals surface area (Å²) < 4.78 is 5.21. The van der Waals surface area contributed by atoms with Crippen molar-refractivity contribution in [1.29, 1.82) is 0 Å². The molecule has 0 saturated carbocycles. The second-order valence-corrected chi connectivity index (χ2v) is 6.32. The van der Waals surface area contributed by atoms with Crippen LogP contribution in [0.3, 0.4) is 0 Å². The van der Waals surface area contributed by atoms with Gasteiger partial charge >= 0.3 is 0 Å². The molecule has 2 N–H and O–H groups in total. The molecule has 1 amide bonds. The predicted molar refractivity (Wildman–Crippen MR) is 92.7 cm³/mol. The van der Waals surface area contributed by atoms with Gasteiger partial charge in [0.25, 0.3) is 5.91 Å². The highest BCUT2D eigenvalue weighted by Gasteiger charge is 2.20. The monoisotopic (exact) mass is 329 g/mol. The molecule has 0 saturated heterocycles. The second-order valence-electron chi connectivity index (χ2n) is 5.34. The van der Waals surface area contributed by atoms with Crippen LogP contribution >= 0.6 is 11.8 Å². The van der Waals surface area contributed by atoms with E-state index in [1.54, 1.807) is 24.8 Å². The van der Waals surface area contributed by atoms with Crippen molar-refractivity contribution in [2.75, 3.05) is 12.0 Å². The quantitative estimate of drug-likeness (QED) is 0.723. The second kappa shape index (κ2) is 6.91. The van der Waals surface area contributed by atoms with Crippen LogP contribution in [-0.2, 0) is 0 Å². The third kappa shape index (κ3) is 3.42. The van der Waals surface area contributed by atoms with Crippen molar-refractivity contribution in [2.45, 2.75) is 19.4 Å². The maximum atomic E-state index is 12.5. The number of benzene rings is 1. The molecule has 0 aliphatic carbocycles. The van der Waals surface area contributed by atoms with Crippen LogP contribution in [0.25, 0.3) is 11.0 Å². The summed E-state index contributed by atoms with van der Waals surface area (Å²) in [6, 6.07) is 9.40. The van der Waals surface area contributed by atoms with Gasteiger partial charge in [-0.2, -0.15) is 11.8 Å². The van der Waals surface area contributed by atoms with E-state index in [4.69, 9.17) is 4.42 Å². The van der Waals surface area contributed by atoms with Crippen LogP contribution < -0.4 is 5.32 Å². The molecule has 1 aromatic carbocycles. The average Bonchev–Trinajstić information content (AvgIpc) is 3.16. The highest BCUT2D eigenvalue weighted by molar-refractivity contribution is 7.98. The van der Waals surface area contributed by atoms with Crippen molar-refractivity contribution in [3.63, 3.8) is 0 Å². The molecule has 6 heteroatoms. The molecule has 3 rings (SSSR count). The van der Waals surface area contributed by atoms with Gasteiger partial charge in [0, 0.05) is 0 Å². The Kier molecular flexibility index (Phi) is 4.71. The van der Waals surface area contributed by atoms with E-state index in [0.717, 1.165) is 29.0 Å². The Morgan fingerprint density at radius 1 is 1.39 bits per heavy atom. The van der Waals surface area contributed by atoms with E-state index < -0.39 is 0 Å². The topological polar surface area (TPSA) is 70.9 Å². The first-order valence-electron chi connectivity index (χ1n) is 7.47. The predicted octanol–water partition coefficient (Wildman–Crippen LogP) is 3.69. The van der Waals surface area contributed by atoms with E-state index in [0.29, 0.717) is 11.3 Å². The Morgan fingerprint density at radius 3 is 2.91 bits per heavy atom. The van der Waals surface area contributed by atoms with Crippen LogP contribution in [0.5, 0.6) is 0 Å². The number of nitrogens with zero attached hydrogens (tertiary/aromatic N) is 1. The number of aryl methyl sites for hydroxylation is 1. The Hall–Kier alpha value is -2.21. The van der Waals surface area contributed by atoms with Gasteiger partial charge in [0.05, 0.1) is 28.9 Å². The molecule has 1 atom stereocenters. The summed E-state index contributed by atoms with van der Waals surface area (Å²) in [6.45, 7) is 1.78. The minimum Gasteiger partial charge on any atom is -0.469 e. The van der Waals surface area contributed by atoms with Crippen LogP contribution in [-0.4, -0.2) is 27.9 Å². The summed E-state index contributed by atoms with van der Waals surface area (Å²) in [6.07, 6.45) is 4.39. The lowest BCUT2D eigenvalue weighted by molar-refractivity contribution is 0.0932. The zero-order chi connectivity index (χ0) is 16.2. The zero-order valence-electron chi connectivity index (χ0n) is 13.1. The molecular formula is C17H19N3O2S. The van der Waals surface area contributed by atoms with Crippen LogP contribution in [0.1, 0.15) is 34.4 Å². The Bertz CT molecular complexity index is 776. The van der Waals surface area contributed by atoms with Crippen LogP contribution in [0.15, 0.2) is 41.0 Å². The number of hydrogen-bond donors (Lipinski definition) is 2. The first kappa shape index (κ1) is 15.7. The fourth-order valence-electron chi connectivity index (χ4n) is 2.51. The Labute approximate surface area is 138 Å². The molecule has 0 aliphatic heterocycles.